The Morgan fingerprint density at radius 3 is 2.28 bits per heavy atom. The van der Waals surface area contributed by atoms with E-state index >= 15 is 0 Å². The summed E-state index contributed by atoms with van der Waals surface area (Å²) in [5.41, 5.74) is 1.85. The molecule has 162 valence electrons. The number of carbonyl (C=O) groups excluding carboxylic acids is 3. The quantitative estimate of drug-likeness (QED) is 0.311. The average molecular weight is 431 g/mol. The molecule has 0 spiro atoms. The van der Waals surface area contributed by atoms with Crippen LogP contribution in [0.5, 0.6) is 0 Å². The summed E-state index contributed by atoms with van der Waals surface area (Å²) in [5.74, 6) is -2.47. The second kappa shape index (κ2) is 7.49. The van der Waals surface area contributed by atoms with Gasteiger partial charge in [-0.15, -0.1) is 0 Å². The fourth-order valence-corrected chi connectivity index (χ4v) is 4.53. The number of fused-ring (bicyclic) bond motifs is 5. The van der Waals surface area contributed by atoms with Crippen molar-refractivity contribution < 1.29 is 23.9 Å². The van der Waals surface area contributed by atoms with Gasteiger partial charge >= 0.3 is 5.97 Å². The Hall–Kier alpha value is -3.65. The lowest BCUT2D eigenvalue weighted by atomic mass is 9.77. The Labute approximate surface area is 184 Å². The molecule has 0 saturated carbocycles. The molecule has 3 aliphatic rings. The maximum absolute atomic E-state index is 13.3. The molecule has 0 unspecified atom stereocenters. The number of hydrogen-bond acceptors (Lipinski definition) is 7. The molecule has 2 saturated heterocycles. The van der Waals surface area contributed by atoms with Crippen LogP contribution in [0.25, 0.3) is 0 Å². The van der Waals surface area contributed by atoms with Crippen LogP contribution >= 0.6 is 0 Å². The minimum atomic E-state index is -1.09. The Morgan fingerprint density at radius 1 is 1.03 bits per heavy atom. The molecule has 2 aromatic carbocycles. The van der Waals surface area contributed by atoms with Gasteiger partial charge in [0, 0.05) is 6.92 Å². The second-order valence-corrected chi connectivity index (χ2v) is 8.24. The molecule has 0 N–H and O–H groups in total. The Kier molecular flexibility index (Phi) is 4.74. The molecule has 32 heavy (non-hydrogen) atoms. The van der Waals surface area contributed by atoms with Gasteiger partial charge in [0.15, 0.2) is 0 Å². The van der Waals surface area contributed by atoms with Crippen LogP contribution in [0, 0.1) is 18.8 Å². The maximum Gasteiger partial charge on any atom is 0.302 e. The molecule has 2 fully saturated rings. The fourth-order valence-electron chi connectivity index (χ4n) is 4.53. The van der Waals surface area contributed by atoms with Crippen molar-refractivity contribution in [1.82, 2.24) is 0 Å². The fraction of sp³-hybridized carbons (Fsp3) is 0.292. The number of anilines is 1. The number of imide groups is 1. The maximum atomic E-state index is 13.3. The number of hydrogen-bond donors (Lipinski definition) is 0. The highest BCUT2D eigenvalue weighted by Crippen LogP contribution is 2.52. The van der Waals surface area contributed by atoms with Crippen LogP contribution in [0.3, 0.4) is 0 Å². The zero-order valence-electron chi connectivity index (χ0n) is 17.6. The van der Waals surface area contributed by atoms with E-state index in [-0.39, 0.29) is 18.4 Å². The molecular formula is C24H21N3O5. The first-order valence-corrected chi connectivity index (χ1v) is 10.3. The average Bonchev–Trinajstić information content (AvgIpc) is 3.43. The highest BCUT2D eigenvalue weighted by molar-refractivity contribution is 6.23. The zero-order chi connectivity index (χ0) is 22.5. The first-order chi connectivity index (χ1) is 15.4. The van der Waals surface area contributed by atoms with Gasteiger partial charge in [-0.1, -0.05) is 23.8 Å². The number of amides is 2. The van der Waals surface area contributed by atoms with Crippen molar-refractivity contribution in [3.8, 4) is 0 Å². The van der Waals surface area contributed by atoms with Gasteiger partial charge in [-0.25, -0.2) is 4.90 Å². The van der Waals surface area contributed by atoms with Crippen LogP contribution < -0.4 is 4.90 Å². The molecule has 8 heteroatoms. The molecule has 3 aliphatic heterocycles. The lowest BCUT2D eigenvalue weighted by Crippen LogP contribution is -2.44. The number of ether oxygens (including phenoxy) is 2. The van der Waals surface area contributed by atoms with Crippen molar-refractivity contribution >= 4 is 34.8 Å². The van der Waals surface area contributed by atoms with E-state index < -0.39 is 29.5 Å². The highest BCUT2D eigenvalue weighted by atomic mass is 16.6. The van der Waals surface area contributed by atoms with E-state index in [1.54, 1.807) is 36.4 Å². The molecule has 0 radical (unpaired) electrons. The predicted molar refractivity (Wildman–Crippen MR) is 115 cm³/mol. The first-order valence-electron chi connectivity index (χ1n) is 10.3. The third-order valence-electron chi connectivity index (χ3n) is 6.08. The Bertz CT molecular complexity index is 1160. The van der Waals surface area contributed by atoms with Crippen LogP contribution in [-0.2, 0) is 23.9 Å². The van der Waals surface area contributed by atoms with E-state index in [4.69, 9.17) is 9.47 Å². The Morgan fingerprint density at radius 2 is 1.66 bits per heavy atom. The summed E-state index contributed by atoms with van der Waals surface area (Å²) in [6.07, 6.45) is 3.01. The summed E-state index contributed by atoms with van der Waals surface area (Å²) >= 11 is 0. The van der Waals surface area contributed by atoms with E-state index in [9.17, 15) is 14.4 Å². The molecule has 8 nitrogen and oxygen atoms in total. The van der Waals surface area contributed by atoms with E-state index in [0.717, 1.165) is 11.3 Å². The minimum Gasteiger partial charge on any atom is -0.462 e. The summed E-state index contributed by atoms with van der Waals surface area (Å²) in [6.45, 7) is 3.20. The molecule has 0 aliphatic carbocycles. The van der Waals surface area contributed by atoms with Gasteiger partial charge in [0.05, 0.1) is 35.0 Å². The van der Waals surface area contributed by atoms with E-state index in [1.807, 2.05) is 31.2 Å². The molecule has 2 aromatic rings. The van der Waals surface area contributed by atoms with Crippen LogP contribution in [0.15, 0.2) is 70.9 Å². The third kappa shape index (κ3) is 3.23. The lowest BCUT2D eigenvalue weighted by Gasteiger charge is -2.28. The summed E-state index contributed by atoms with van der Waals surface area (Å²) < 4.78 is 11.1. The van der Waals surface area contributed by atoms with Crippen molar-refractivity contribution in [1.29, 1.82) is 0 Å². The zero-order valence-corrected chi connectivity index (χ0v) is 17.6. The molecule has 2 amide bonds. The van der Waals surface area contributed by atoms with E-state index in [0.29, 0.717) is 11.4 Å². The van der Waals surface area contributed by atoms with Crippen molar-refractivity contribution in [2.45, 2.75) is 25.6 Å². The van der Waals surface area contributed by atoms with Crippen LogP contribution in [-0.4, -0.2) is 36.1 Å². The Balaban J connectivity index is 1.36. The smallest absolute Gasteiger partial charge is 0.302 e. The molecule has 5 rings (SSSR count). The summed E-state index contributed by atoms with van der Waals surface area (Å²) in [4.78, 5) is 38.9. The van der Waals surface area contributed by atoms with Crippen molar-refractivity contribution in [2.24, 2.45) is 22.1 Å². The summed E-state index contributed by atoms with van der Waals surface area (Å²) in [6, 6.07) is 14.4. The van der Waals surface area contributed by atoms with Crippen LogP contribution in [0.4, 0.5) is 17.1 Å². The van der Waals surface area contributed by atoms with Crippen LogP contribution in [0.2, 0.25) is 0 Å². The number of rotatable bonds is 5. The summed E-state index contributed by atoms with van der Waals surface area (Å²) in [7, 11) is 0. The number of aryl methyl sites for hydroxylation is 1. The van der Waals surface area contributed by atoms with Crippen molar-refractivity contribution in [2.75, 3.05) is 11.5 Å². The molecule has 2 bridgehead atoms. The number of esters is 1. The number of carbonyl (C=O) groups is 3. The van der Waals surface area contributed by atoms with Gasteiger partial charge in [-0.2, -0.15) is 10.2 Å². The number of azo groups is 1. The molecule has 0 aromatic heterocycles. The summed E-state index contributed by atoms with van der Waals surface area (Å²) in [5, 5.41) is 8.42. The van der Waals surface area contributed by atoms with Crippen molar-refractivity contribution in [3.63, 3.8) is 0 Å². The predicted octanol–water partition coefficient (Wildman–Crippen LogP) is 3.79. The second-order valence-electron chi connectivity index (χ2n) is 8.24. The monoisotopic (exact) mass is 431 g/mol. The van der Waals surface area contributed by atoms with Gasteiger partial charge in [-0.05, 0) is 49.4 Å². The molecule has 3 heterocycles. The van der Waals surface area contributed by atoms with Gasteiger partial charge in [0.25, 0.3) is 0 Å². The number of nitrogens with zero attached hydrogens (tertiary/aromatic N) is 3. The molecular weight excluding hydrogens is 410 g/mol. The number of benzene rings is 2. The molecule has 4 atom stereocenters. The van der Waals surface area contributed by atoms with Gasteiger partial charge < -0.3 is 9.47 Å². The normalized spacial score (nSPS) is 28.1. The van der Waals surface area contributed by atoms with E-state index in [1.165, 1.54) is 11.8 Å². The topological polar surface area (TPSA) is 97.6 Å². The van der Waals surface area contributed by atoms with Gasteiger partial charge in [0.2, 0.25) is 11.8 Å². The van der Waals surface area contributed by atoms with E-state index in [2.05, 4.69) is 10.2 Å². The standard InChI is InChI=1S/C24H21N3O5/c1-14-3-5-16(6-4-14)25-26-17-7-9-18(10-8-17)27-22(29)20-19-11-12-24(32-19,13-31-15(2)28)21(20)23(27)30/h3-12,19-21H,13H2,1-2H3/t19-,20-,21-,24-/m1/s1. The largest absolute Gasteiger partial charge is 0.462 e. The van der Waals surface area contributed by atoms with Crippen molar-refractivity contribution in [3.05, 3.63) is 66.2 Å². The van der Waals surface area contributed by atoms with Gasteiger partial charge in [0.1, 0.15) is 12.2 Å². The third-order valence-corrected chi connectivity index (χ3v) is 6.08. The first kappa shape index (κ1) is 20.3. The van der Waals surface area contributed by atoms with Crippen LogP contribution in [0.1, 0.15) is 12.5 Å². The SMILES string of the molecule is CC(=O)OC[C@@]12C=C[C@@H](O1)[C@H]1C(=O)N(c3ccc(N=Nc4ccc(C)cc4)cc3)C(=O)[C@@H]12. The van der Waals surface area contributed by atoms with Gasteiger partial charge in [-0.3, -0.25) is 14.4 Å². The lowest BCUT2D eigenvalue weighted by molar-refractivity contribution is -0.150. The highest BCUT2D eigenvalue weighted by Gasteiger charge is 2.68. The minimum absolute atomic E-state index is 0.0955.